The van der Waals surface area contributed by atoms with E-state index in [0.29, 0.717) is 70.7 Å². The summed E-state index contributed by atoms with van der Waals surface area (Å²) < 4.78 is 15.4. The molecule has 0 spiro atoms. The summed E-state index contributed by atoms with van der Waals surface area (Å²) >= 11 is 0. The Morgan fingerprint density at radius 3 is 2.57 bits per heavy atom. The van der Waals surface area contributed by atoms with Crippen LogP contribution in [-0.2, 0) is 4.74 Å². The predicted molar refractivity (Wildman–Crippen MR) is 172 cm³/mol. The van der Waals surface area contributed by atoms with Gasteiger partial charge in [-0.05, 0) is 77.9 Å². The minimum Gasteiger partial charge on any atom is -0.486 e. The van der Waals surface area contributed by atoms with E-state index in [9.17, 15) is 14.9 Å². The number of nitriles is 1. The number of ether oxygens (including phenoxy) is 2. The summed E-state index contributed by atoms with van der Waals surface area (Å²) in [5.41, 5.74) is 3.37. The van der Waals surface area contributed by atoms with Gasteiger partial charge in [-0.3, -0.25) is 9.36 Å². The van der Waals surface area contributed by atoms with E-state index >= 15 is 0 Å². The zero-order chi connectivity index (χ0) is 33.5. The Hall–Kier alpha value is -5.84. The van der Waals surface area contributed by atoms with Crippen LogP contribution in [0.2, 0.25) is 0 Å². The molecule has 47 heavy (non-hydrogen) atoms. The number of likely N-dealkylation sites (tertiary alicyclic amines) is 1. The molecule has 1 atom stereocenters. The molecule has 5 aromatic rings. The molecule has 1 saturated heterocycles. The van der Waals surface area contributed by atoms with Crippen molar-refractivity contribution >= 4 is 34.4 Å². The van der Waals surface area contributed by atoms with E-state index in [2.05, 4.69) is 25.6 Å². The number of benzene rings is 1. The Kier molecular flexibility index (Phi) is 8.06. The first-order valence-electron chi connectivity index (χ1n) is 15.1. The van der Waals surface area contributed by atoms with Gasteiger partial charge in [0, 0.05) is 24.7 Å². The van der Waals surface area contributed by atoms with Crippen molar-refractivity contribution in [3.63, 3.8) is 0 Å². The fraction of sp³-hybridized carbons (Fsp3) is 0.333. The van der Waals surface area contributed by atoms with Crippen molar-refractivity contribution in [2.45, 2.75) is 59.7 Å². The summed E-state index contributed by atoms with van der Waals surface area (Å²) in [4.78, 5) is 36.4. The summed E-state index contributed by atoms with van der Waals surface area (Å²) in [7, 11) is 0. The van der Waals surface area contributed by atoms with E-state index in [0.717, 1.165) is 5.69 Å². The second-order valence-corrected chi connectivity index (χ2v) is 12.4. The normalized spacial score (nSPS) is 14.7. The van der Waals surface area contributed by atoms with Crippen molar-refractivity contribution in [3.05, 3.63) is 71.4 Å². The molecule has 1 fully saturated rings. The van der Waals surface area contributed by atoms with E-state index in [1.807, 2.05) is 58.0 Å². The van der Waals surface area contributed by atoms with Crippen LogP contribution in [0.1, 0.15) is 61.6 Å². The maximum atomic E-state index is 12.7. The molecular weight excluding hydrogens is 600 g/mol. The van der Waals surface area contributed by atoms with Gasteiger partial charge in [-0.25, -0.2) is 19.4 Å². The fourth-order valence-corrected chi connectivity index (χ4v) is 5.27. The summed E-state index contributed by atoms with van der Waals surface area (Å²) in [6.07, 6.45) is 1.58. The van der Waals surface area contributed by atoms with Crippen LogP contribution in [0, 0.1) is 25.2 Å². The number of ketones is 1. The first-order chi connectivity index (χ1) is 22.4. The Bertz CT molecular complexity index is 2040. The fourth-order valence-electron chi connectivity index (χ4n) is 5.27. The highest BCUT2D eigenvalue weighted by Gasteiger charge is 2.31. The molecule has 1 N–H and O–H groups in total. The van der Waals surface area contributed by atoms with Crippen molar-refractivity contribution in [1.29, 1.82) is 5.26 Å². The van der Waals surface area contributed by atoms with Crippen LogP contribution in [0.4, 0.5) is 16.3 Å². The van der Waals surface area contributed by atoms with Gasteiger partial charge in [0.25, 0.3) is 0 Å². The molecule has 5 heterocycles. The van der Waals surface area contributed by atoms with Crippen LogP contribution in [0.15, 0.2) is 48.8 Å². The van der Waals surface area contributed by atoms with Gasteiger partial charge in [0.1, 0.15) is 35.7 Å². The molecule has 240 valence electrons. The van der Waals surface area contributed by atoms with Gasteiger partial charge in [-0.1, -0.05) is 0 Å². The number of hydrogen-bond donors (Lipinski definition) is 1. The molecule has 0 aliphatic carbocycles. The molecule has 1 aromatic carbocycles. The lowest BCUT2D eigenvalue weighted by Crippen LogP contribution is -2.36. The van der Waals surface area contributed by atoms with E-state index in [1.165, 1.54) is 11.6 Å². The van der Waals surface area contributed by atoms with Crippen molar-refractivity contribution in [2.75, 3.05) is 18.4 Å². The van der Waals surface area contributed by atoms with E-state index < -0.39 is 5.60 Å². The lowest BCUT2D eigenvalue weighted by Gasteiger charge is -2.24. The second-order valence-electron chi connectivity index (χ2n) is 12.4. The molecule has 1 unspecified atom stereocenters. The molecular formula is C33H34N10O4. The topological polar surface area (TPSA) is 166 Å². The van der Waals surface area contributed by atoms with E-state index in [-0.39, 0.29) is 23.7 Å². The number of nitrogens with one attached hydrogen (secondary N) is 1. The quantitative estimate of drug-likeness (QED) is 0.233. The Morgan fingerprint density at radius 1 is 1.09 bits per heavy atom. The number of rotatable bonds is 7. The van der Waals surface area contributed by atoms with Gasteiger partial charge in [0.05, 0.1) is 34.5 Å². The molecule has 4 aromatic heterocycles. The van der Waals surface area contributed by atoms with Crippen LogP contribution in [0.5, 0.6) is 5.75 Å². The van der Waals surface area contributed by atoms with Crippen molar-refractivity contribution in [2.24, 2.45) is 0 Å². The molecule has 1 aliphatic rings. The number of imidazole rings is 1. The van der Waals surface area contributed by atoms with Crippen molar-refractivity contribution < 1.29 is 19.1 Å². The smallest absolute Gasteiger partial charge is 0.410 e. The van der Waals surface area contributed by atoms with Gasteiger partial charge < -0.3 is 19.7 Å². The van der Waals surface area contributed by atoms with Crippen LogP contribution < -0.4 is 10.1 Å². The minimum absolute atomic E-state index is 0.189. The van der Waals surface area contributed by atoms with Gasteiger partial charge in [-0.15, -0.1) is 5.10 Å². The lowest BCUT2D eigenvalue weighted by atomic mass is 10.2. The minimum atomic E-state index is -0.601. The molecule has 14 heteroatoms. The van der Waals surface area contributed by atoms with E-state index in [4.69, 9.17) is 14.5 Å². The number of hydrogen-bond acceptors (Lipinski definition) is 11. The third-order valence-electron chi connectivity index (χ3n) is 7.49. The molecule has 0 saturated carbocycles. The Morgan fingerprint density at radius 2 is 1.89 bits per heavy atom. The summed E-state index contributed by atoms with van der Waals surface area (Å²) in [5, 5.41) is 25.4. The number of fused-ring (bicyclic) bond motifs is 1. The Labute approximate surface area is 271 Å². The largest absolute Gasteiger partial charge is 0.486 e. The molecule has 6 rings (SSSR count). The van der Waals surface area contributed by atoms with E-state index in [1.54, 1.807) is 40.9 Å². The third-order valence-corrected chi connectivity index (χ3v) is 7.49. The van der Waals surface area contributed by atoms with Crippen molar-refractivity contribution in [3.8, 4) is 23.5 Å². The lowest BCUT2D eigenvalue weighted by molar-refractivity contribution is 0.0275. The number of nitrogens with zero attached hydrogens (tertiary/aromatic N) is 9. The van der Waals surface area contributed by atoms with Gasteiger partial charge in [-0.2, -0.15) is 15.5 Å². The average molecular weight is 635 g/mol. The zero-order valence-electron chi connectivity index (χ0n) is 27.0. The van der Waals surface area contributed by atoms with Gasteiger partial charge >= 0.3 is 6.09 Å². The SMILES string of the molecule is CC(=O)c1ccc(-n2cnc3cc(Nc4ccc(C)nn4)c(OC4CCN(C(=O)OC(C)(C)C)C4)cc32)nc1-n1nc(C#N)cc1C. The molecule has 0 radical (unpaired) electrons. The highest BCUT2D eigenvalue weighted by Crippen LogP contribution is 2.35. The first-order valence-corrected chi connectivity index (χ1v) is 15.1. The summed E-state index contributed by atoms with van der Waals surface area (Å²) in [5.74, 6) is 1.63. The van der Waals surface area contributed by atoms with Crippen LogP contribution >= 0.6 is 0 Å². The van der Waals surface area contributed by atoms with Gasteiger partial charge in [0.2, 0.25) is 0 Å². The number of pyridine rings is 1. The number of carbonyl (C=O) groups is 2. The average Bonchev–Trinajstić information content (AvgIpc) is 3.75. The maximum Gasteiger partial charge on any atom is 0.410 e. The number of carbonyl (C=O) groups excluding carboxylic acids is 2. The number of aromatic nitrogens is 7. The Balaban J connectivity index is 1.39. The highest BCUT2D eigenvalue weighted by atomic mass is 16.6. The first kappa shape index (κ1) is 31.2. The maximum absolute atomic E-state index is 12.7. The van der Waals surface area contributed by atoms with Crippen LogP contribution in [-0.4, -0.2) is 76.1 Å². The number of Topliss-reactive ketones (excluding diaryl/α,β-unsaturated/α-hetero) is 1. The molecule has 1 amide bonds. The third kappa shape index (κ3) is 6.60. The summed E-state index contributed by atoms with van der Waals surface area (Å²) in [6.45, 7) is 11.5. The number of anilines is 2. The summed E-state index contributed by atoms with van der Waals surface area (Å²) in [6, 6.07) is 14.5. The molecule has 1 aliphatic heterocycles. The van der Waals surface area contributed by atoms with Crippen LogP contribution in [0.3, 0.4) is 0 Å². The predicted octanol–water partition coefficient (Wildman–Crippen LogP) is 5.22. The molecule has 0 bridgehead atoms. The van der Waals surface area contributed by atoms with Crippen LogP contribution in [0.25, 0.3) is 22.7 Å². The van der Waals surface area contributed by atoms with Gasteiger partial charge in [0.15, 0.2) is 23.1 Å². The monoisotopic (exact) mass is 634 g/mol. The highest BCUT2D eigenvalue weighted by molar-refractivity contribution is 5.97. The zero-order valence-corrected chi connectivity index (χ0v) is 27.0. The second kappa shape index (κ2) is 12.2. The molecule has 14 nitrogen and oxygen atoms in total. The van der Waals surface area contributed by atoms with Crippen molar-refractivity contribution in [1.82, 2.24) is 39.4 Å². The number of aryl methyl sites for hydroxylation is 2. The number of amides is 1. The standard InChI is InChI=1S/C33H34N10O4/c1-19-7-9-29(39-38-19)36-26-14-25-27(15-28(26)46-23-11-12-41(17-23)32(45)47-33(4,5)6)42(18-35-25)30-10-8-24(21(3)44)31(37-30)43-20(2)13-22(16-34)40-43/h7-10,13-15,18,23H,11-12,17H2,1-6H3,(H,36,39).